The number of carbonyl (C=O) groups excluding carboxylic acids is 1. The molecule has 1 rings (SSSR count). The monoisotopic (exact) mass is 210 g/mol. The maximum atomic E-state index is 11.7. The number of hydrogen-bond acceptors (Lipinski definition) is 2. The molecule has 1 aliphatic heterocycles. The van der Waals surface area contributed by atoms with Crippen molar-refractivity contribution in [3.63, 3.8) is 0 Å². The third-order valence-corrected chi connectivity index (χ3v) is 2.80. The van der Waals surface area contributed by atoms with E-state index in [-0.39, 0.29) is 0 Å². The van der Waals surface area contributed by atoms with Crippen LogP contribution in [0.5, 0.6) is 0 Å². The van der Waals surface area contributed by atoms with E-state index in [1.54, 1.807) is 6.26 Å². The molecule has 0 bridgehead atoms. The predicted molar refractivity (Wildman–Crippen MR) is 61.7 cm³/mol. The Morgan fingerprint density at radius 2 is 2.13 bits per heavy atom. The van der Waals surface area contributed by atoms with Gasteiger partial charge in [0.1, 0.15) is 0 Å². The topological polar surface area (TPSA) is 26.3 Å². The summed E-state index contributed by atoms with van der Waals surface area (Å²) >= 11 is 0. The van der Waals surface area contributed by atoms with Gasteiger partial charge in [0.15, 0.2) is 5.78 Å². The van der Waals surface area contributed by atoms with E-state index in [9.17, 15) is 4.79 Å². The summed E-state index contributed by atoms with van der Waals surface area (Å²) in [6.45, 7) is 2.97. The SMILES string of the molecule is CCCCCCCC(=O)C1=COCCC1. The Kier molecular flexibility index (Phi) is 6.14. The Hall–Kier alpha value is -0.790. The molecule has 0 atom stereocenters. The molecule has 0 saturated carbocycles. The standard InChI is InChI=1S/C13H22O2/c1-2-3-4-5-6-9-13(14)12-8-7-10-15-11-12/h11H,2-10H2,1H3. The van der Waals surface area contributed by atoms with Crippen LogP contribution in [-0.2, 0) is 9.53 Å². The van der Waals surface area contributed by atoms with Crippen molar-refractivity contribution in [3.05, 3.63) is 11.8 Å². The minimum absolute atomic E-state index is 0.297. The molecule has 0 aromatic rings. The van der Waals surface area contributed by atoms with E-state index >= 15 is 0 Å². The van der Waals surface area contributed by atoms with Gasteiger partial charge in [-0.2, -0.15) is 0 Å². The fraction of sp³-hybridized carbons (Fsp3) is 0.769. The zero-order chi connectivity index (χ0) is 10.9. The quantitative estimate of drug-likeness (QED) is 0.600. The van der Waals surface area contributed by atoms with Crippen LogP contribution in [0.25, 0.3) is 0 Å². The molecule has 0 fully saturated rings. The molecule has 0 aliphatic carbocycles. The summed E-state index contributed by atoms with van der Waals surface area (Å²) in [4.78, 5) is 11.7. The summed E-state index contributed by atoms with van der Waals surface area (Å²) in [6, 6.07) is 0. The number of allylic oxidation sites excluding steroid dienone is 1. The van der Waals surface area contributed by atoms with Crippen LogP contribution in [0.4, 0.5) is 0 Å². The molecule has 0 amide bonds. The Morgan fingerprint density at radius 1 is 1.33 bits per heavy atom. The molecule has 0 N–H and O–H groups in total. The van der Waals surface area contributed by atoms with E-state index in [0.29, 0.717) is 12.2 Å². The van der Waals surface area contributed by atoms with Crippen molar-refractivity contribution in [2.45, 2.75) is 58.3 Å². The molecule has 1 aliphatic rings. The highest BCUT2D eigenvalue weighted by Gasteiger charge is 2.12. The van der Waals surface area contributed by atoms with Crippen LogP contribution < -0.4 is 0 Å². The van der Waals surface area contributed by atoms with Crippen molar-refractivity contribution in [2.24, 2.45) is 0 Å². The minimum atomic E-state index is 0.297. The zero-order valence-electron chi connectivity index (χ0n) is 9.76. The second-order valence-electron chi connectivity index (χ2n) is 4.20. The second-order valence-corrected chi connectivity index (χ2v) is 4.20. The fourth-order valence-electron chi connectivity index (χ4n) is 1.82. The minimum Gasteiger partial charge on any atom is -0.501 e. The molecule has 0 unspecified atom stereocenters. The molecule has 0 spiro atoms. The molecule has 0 radical (unpaired) electrons. The molecule has 86 valence electrons. The Bertz CT molecular complexity index is 219. The van der Waals surface area contributed by atoms with Gasteiger partial charge in [0, 0.05) is 12.0 Å². The third kappa shape index (κ3) is 5.01. The van der Waals surface area contributed by atoms with Gasteiger partial charge in [0.05, 0.1) is 12.9 Å². The Labute approximate surface area is 92.7 Å². The van der Waals surface area contributed by atoms with Gasteiger partial charge >= 0.3 is 0 Å². The highest BCUT2D eigenvalue weighted by Crippen LogP contribution is 2.16. The summed E-state index contributed by atoms with van der Waals surface area (Å²) in [5, 5.41) is 0. The van der Waals surface area contributed by atoms with Gasteiger partial charge in [-0.15, -0.1) is 0 Å². The molecular weight excluding hydrogens is 188 g/mol. The summed E-state index contributed by atoms with van der Waals surface area (Å²) < 4.78 is 5.17. The summed E-state index contributed by atoms with van der Waals surface area (Å²) in [5.74, 6) is 0.297. The van der Waals surface area contributed by atoms with Crippen molar-refractivity contribution in [1.29, 1.82) is 0 Å². The van der Waals surface area contributed by atoms with Crippen molar-refractivity contribution >= 4 is 5.78 Å². The van der Waals surface area contributed by atoms with Gasteiger partial charge in [-0.05, 0) is 19.3 Å². The van der Waals surface area contributed by atoms with Gasteiger partial charge in [-0.25, -0.2) is 0 Å². The molecule has 15 heavy (non-hydrogen) atoms. The number of ether oxygens (including phenoxy) is 1. The first-order valence-electron chi connectivity index (χ1n) is 6.18. The van der Waals surface area contributed by atoms with Crippen molar-refractivity contribution < 1.29 is 9.53 Å². The predicted octanol–water partition coefficient (Wildman–Crippen LogP) is 3.61. The maximum Gasteiger partial charge on any atom is 0.161 e. The summed E-state index contributed by atoms with van der Waals surface area (Å²) in [5.41, 5.74) is 0.900. The average molecular weight is 210 g/mol. The van der Waals surface area contributed by atoms with Crippen LogP contribution in [-0.4, -0.2) is 12.4 Å². The van der Waals surface area contributed by atoms with E-state index < -0.39 is 0 Å². The lowest BCUT2D eigenvalue weighted by Gasteiger charge is -2.12. The van der Waals surface area contributed by atoms with Crippen molar-refractivity contribution in [3.8, 4) is 0 Å². The first kappa shape index (κ1) is 12.3. The zero-order valence-corrected chi connectivity index (χ0v) is 9.76. The molecule has 0 aromatic heterocycles. The average Bonchev–Trinajstić information content (AvgIpc) is 2.30. The summed E-state index contributed by atoms with van der Waals surface area (Å²) in [6.07, 6.45) is 10.3. The fourth-order valence-corrected chi connectivity index (χ4v) is 1.82. The van der Waals surface area contributed by atoms with Crippen LogP contribution in [0, 0.1) is 0 Å². The second kappa shape index (κ2) is 7.49. The van der Waals surface area contributed by atoms with E-state index in [2.05, 4.69) is 6.92 Å². The number of rotatable bonds is 7. The lowest BCUT2D eigenvalue weighted by molar-refractivity contribution is -0.116. The number of unbranched alkanes of at least 4 members (excludes halogenated alkanes) is 4. The number of ketones is 1. The molecule has 0 aromatic carbocycles. The molecule has 1 heterocycles. The lowest BCUT2D eigenvalue weighted by atomic mass is 10.0. The van der Waals surface area contributed by atoms with Crippen LogP contribution in [0.2, 0.25) is 0 Å². The highest BCUT2D eigenvalue weighted by atomic mass is 16.5. The van der Waals surface area contributed by atoms with Crippen LogP contribution in [0.1, 0.15) is 58.3 Å². The van der Waals surface area contributed by atoms with E-state index in [1.807, 2.05) is 0 Å². The van der Waals surface area contributed by atoms with Crippen molar-refractivity contribution in [2.75, 3.05) is 6.61 Å². The number of Topliss-reactive ketones (excluding diaryl/α,β-unsaturated/α-hetero) is 1. The van der Waals surface area contributed by atoms with Crippen LogP contribution in [0.3, 0.4) is 0 Å². The molecule has 2 heteroatoms. The molecule has 2 nitrogen and oxygen atoms in total. The first-order chi connectivity index (χ1) is 7.34. The maximum absolute atomic E-state index is 11.7. The van der Waals surface area contributed by atoms with E-state index in [0.717, 1.165) is 31.4 Å². The number of carbonyl (C=O) groups is 1. The van der Waals surface area contributed by atoms with Gasteiger partial charge in [0.2, 0.25) is 0 Å². The number of hydrogen-bond donors (Lipinski definition) is 0. The normalized spacial score (nSPS) is 15.7. The molecular formula is C13H22O2. The van der Waals surface area contributed by atoms with Gasteiger partial charge in [0.25, 0.3) is 0 Å². The van der Waals surface area contributed by atoms with E-state index in [4.69, 9.17) is 4.74 Å². The Morgan fingerprint density at radius 3 is 2.80 bits per heavy atom. The highest BCUT2D eigenvalue weighted by molar-refractivity contribution is 5.95. The summed E-state index contributed by atoms with van der Waals surface area (Å²) in [7, 11) is 0. The van der Waals surface area contributed by atoms with Gasteiger partial charge in [-0.3, -0.25) is 4.79 Å². The van der Waals surface area contributed by atoms with E-state index in [1.165, 1.54) is 25.7 Å². The smallest absolute Gasteiger partial charge is 0.161 e. The largest absolute Gasteiger partial charge is 0.501 e. The van der Waals surface area contributed by atoms with Crippen molar-refractivity contribution in [1.82, 2.24) is 0 Å². The van der Waals surface area contributed by atoms with Gasteiger partial charge in [-0.1, -0.05) is 32.6 Å². The molecule has 0 saturated heterocycles. The first-order valence-corrected chi connectivity index (χ1v) is 6.18. The van der Waals surface area contributed by atoms with Crippen LogP contribution >= 0.6 is 0 Å². The van der Waals surface area contributed by atoms with Gasteiger partial charge < -0.3 is 4.74 Å². The lowest BCUT2D eigenvalue weighted by Crippen LogP contribution is -2.08. The third-order valence-electron chi connectivity index (χ3n) is 2.80. The Balaban J connectivity index is 2.10. The van der Waals surface area contributed by atoms with Crippen LogP contribution in [0.15, 0.2) is 11.8 Å².